The van der Waals surface area contributed by atoms with Gasteiger partial charge in [-0.1, -0.05) is 12.1 Å². The monoisotopic (exact) mass is 453 g/mol. The van der Waals surface area contributed by atoms with Gasteiger partial charge in [0.2, 0.25) is 11.9 Å². The van der Waals surface area contributed by atoms with E-state index in [1.165, 1.54) is 4.90 Å². The van der Waals surface area contributed by atoms with E-state index in [1.807, 2.05) is 28.8 Å². The number of anilines is 1. The Balaban J connectivity index is 2.03. The second kappa shape index (κ2) is 9.50. The maximum absolute atomic E-state index is 13.8. The first kappa shape index (κ1) is 22.6. The molecular formula is C24H27N3O6. The summed E-state index contributed by atoms with van der Waals surface area (Å²) in [5, 5.41) is 0. The molecule has 2 aromatic carbocycles. The van der Waals surface area contributed by atoms with E-state index in [0.29, 0.717) is 28.5 Å². The van der Waals surface area contributed by atoms with E-state index in [4.69, 9.17) is 23.9 Å². The number of amides is 1. The van der Waals surface area contributed by atoms with E-state index in [1.54, 1.807) is 46.5 Å². The highest BCUT2D eigenvalue weighted by Crippen LogP contribution is 2.44. The molecule has 9 nitrogen and oxygen atoms in total. The number of rotatable bonds is 8. The molecule has 0 bridgehead atoms. The number of methoxy groups -OCH3 is 3. The molecule has 174 valence electrons. The molecule has 9 heteroatoms. The van der Waals surface area contributed by atoms with E-state index in [2.05, 4.69) is 0 Å². The van der Waals surface area contributed by atoms with Crippen LogP contribution in [0.5, 0.6) is 11.5 Å². The van der Waals surface area contributed by atoms with Gasteiger partial charge in [-0.15, -0.1) is 0 Å². The lowest BCUT2D eigenvalue weighted by Gasteiger charge is -2.38. The molecule has 0 aliphatic carbocycles. The number of aromatic nitrogens is 2. The number of hydrogen-bond acceptors (Lipinski definition) is 7. The Morgan fingerprint density at radius 2 is 1.88 bits per heavy atom. The van der Waals surface area contributed by atoms with Crippen LogP contribution in [0.4, 0.5) is 5.95 Å². The summed E-state index contributed by atoms with van der Waals surface area (Å²) >= 11 is 0. The van der Waals surface area contributed by atoms with Crippen molar-refractivity contribution < 1.29 is 28.5 Å². The molecule has 0 radical (unpaired) electrons. The van der Waals surface area contributed by atoms with Crippen molar-refractivity contribution in [1.82, 2.24) is 9.55 Å². The zero-order valence-corrected chi connectivity index (χ0v) is 19.1. The first-order valence-electron chi connectivity index (χ1n) is 10.7. The average Bonchev–Trinajstić information content (AvgIpc) is 3.21. The molecule has 3 aromatic rings. The molecule has 1 aliphatic rings. The first-order chi connectivity index (χ1) is 16.0. The first-order valence-corrected chi connectivity index (χ1v) is 10.7. The second-order valence-electron chi connectivity index (χ2n) is 7.54. The Morgan fingerprint density at radius 1 is 1.09 bits per heavy atom. The smallest absolute Gasteiger partial charge is 0.321 e. The van der Waals surface area contributed by atoms with Gasteiger partial charge in [-0.2, -0.15) is 0 Å². The average molecular weight is 453 g/mol. The number of benzene rings is 2. The molecule has 0 N–H and O–H groups in total. The molecule has 0 spiro atoms. The summed E-state index contributed by atoms with van der Waals surface area (Å²) in [5.74, 6) is -0.612. The summed E-state index contributed by atoms with van der Waals surface area (Å²) in [7, 11) is 4.67. The van der Waals surface area contributed by atoms with Gasteiger partial charge in [0.1, 0.15) is 11.5 Å². The lowest BCUT2D eigenvalue weighted by molar-refractivity contribution is -0.153. The van der Waals surface area contributed by atoms with Crippen LogP contribution in [-0.4, -0.2) is 62.5 Å². The summed E-state index contributed by atoms with van der Waals surface area (Å²) in [6, 6.07) is 12.1. The van der Waals surface area contributed by atoms with Gasteiger partial charge in [0.25, 0.3) is 0 Å². The summed E-state index contributed by atoms with van der Waals surface area (Å²) in [4.78, 5) is 33.2. The predicted molar refractivity (Wildman–Crippen MR) is 122 cm³/mol. The second-order valence-corrected chi connectivity index (χ2v) is 7.54. The van der Waals surface area contributed by atoms with E-state index in [-0.39, 0.29) is 19.8 Å². The maximum Gasteiger partial charge on any atom is 0.321 e. The third kappa shape index (κ3) is 3.89. The molecule has 1 amide bonds. The molecular weight excluding hydrogens is 426 g/mol. The summed E-state index contributed by atoms with van der Waals surface area (Å²) in [6.45, 7) is 2.40. The minimum absolute atomic E-state index is 0.153. The van der Waals surface area contributed by atoms with Gasteiger partial charge in [-0.3, -0.25) is 14.5 Å². The zero-order chi connectivity index (χ0) is 23.5. The van der Waals surface area contributed by atoms with Gasteiger partial charge in [-0.05, 0) is 37.3 Å². The Bertz CT molecular complexity index is 1170. The lowest BCUT2D eigenvalue weighted by Crippen LogP contribution is -2.51. The lowest BCUT2D eigenvalue weighted by atomic mass is 9.88. The quantitative estimate of drug-likeness (QED) is 0.383. The molecule has 2 heterocycles. The van der Waals surface area contributed by atoms with Crippen LogP contribution in [-0.2, 0) is 19.1 Å². The van der Waals surface area contributed by atoms with E-state index in [9.17, 15) is 9.59 Å². The van der Waals surface area contributed by atoms with Crippen LogP contribution in [0.25, 0.3) is 11.0 Å². The predicted octanol–water partition coefficient (Wildman–Crippen LogP) is 2.82. The summed E-state index contributed by atoms with van der Waals surface area (Å²) < 4.78 is 23.6. The number of carbonyl (C=O) groups excluding carboxylic acids is 2. The van der Waals surface area contributed by atoms with Crippen molar-refractivity contribution in [3.05, 3.63) is 48.0 Å². The fourth-order valence-electron chi connectivity index (χ4n) is 4.29. The van der Waals surface area contributed by atoms with Gasteiger partial charge in [0, 0.05) is 12.7 Å². The molecule has 0 saturated carbocycles. The molecule has 2 atom stereocenters. The summed E-state index contributed by atoms with van der Waals surface area (Å²) in [5.41, 5.74) is 2.12. The Morgan fingerprint density at radius 3 is 2.58 bits per heavy atom. The van der Waals surface area contributed by atoms with Crippen LogP contribution < -0.4 is 14.4 Å². The number of imidazole rings is 1. The van der Waals surface area contributed by atoms with Gasteiger partial charge < -0.3 is 23.5 Å². The third-order valence-corrected chi connectivity index (χ3v) is 5.76. The normalized spacial score (nSPS) is 17.7. The number of carbonyl (C=O) groups is 2. The standard InChI is InChI=1S/C24H27N3O6/c1-5-33-23(29)20-21(16-14-15(31-3)10-11-19(16)32-4)27-18-9-7-6-8-17(18)25-24(27)26(22(20)28)12-13-30-2/h6-11,14,20-21H,5,12-13H2,1-4H3/t20-,21-/m0/s1. The summed E-state index contributed by atoms with van der Waals surface area (Å²) in [6.07, 6.45) is 0. The highest BCUT2D eigenvalue weighted by Gasteiger charge is 2.48. The van der Waals surface area contributed by atoms with Crippen molar-refractivity contribution in [3.8, 4) is 11.5 Å². The molecule has 0 unspecified atom stereocenters. The maximum atomic E-state index is 13.8. The highest BCUT2D eigenvalue weighted by molar-refractivity contribution is 6.08. The largest absolute Gasteiger partial charge is 0.497 e. The van der Waals surface area contributed by atoms with Crippen molar-refractivity contribution in [1.29, 1.82) is 0 Å². The molecule has 0 fully saturated rings. The number of ether oxygens (including phenoxy) is 4. The van der Waals surface area contributed by atoms with Crippen LogP contribution in [0.2, 0.25) is 0 Å². The SMILES string of the molecule is CCOC(=O)[C@@H]1C(=O)N(CCOC)c2nc3ccccc3n2[C@H]1c1cc(OC)ccc1OC. The van der Waals surface area contributed by atoms with Crippen molar-refractivity contribution >= 4 is 28.9 Å². The number of nitrogens with zero attached hydrogens (tertiary/aromatic N) is 3. The van der Waals surface area contributed by atoms with Crippen LogP contribution in [0, 0.1) is 5.92 Å². The Hall–Kier alpha value is -3.59. The highest BCUT2D eigenvalue weighted by atomic mass is 16.5. The van der Waals surface area contributed by atoms with Gasteiger partial charge in [0.05, 0.1) is 51.1 Å². The molecule has 1 aliphatic heterocycles. The van der Waals surface area contributed by atoms with Gasteiger partial charge >= 0.3 is 5.97 Å². The third-order valence-electron chi connectivity index (χ3n) is 5.76. The van der Waals surface area contributed by atoms with E-state index >= 15 is 0 Å². The number of para-hydroxylation sites is 2. The molecule has 0 saturated heterocycles. The minimum Gasteiger partial charge on any atom is -0.497 e. The topological polar surface area (TPSA) is 92.1 Å². The Labute approximate surface area is 191 Å². The van der Waals surface area contributed by atoms with Crippen LogP contribution >= 0.6 is 0 Å². The minimum atomic E-state index is -1.15. The fourth-order valence-corrected chi connectivity index (χ4v) is 4.29. The number of fused-ring (bicyclic) bond motifs is 3. The Kier molecular flexibility index (Phi) is 6.50. The van der Waals surface area contributed by atoms with Crippen LogP contribution in [0.1, 0.15) is 18.5 Å². The zero-order valence-electron chi connectivity index (χ0n) is 19.1. The van der Waals surface area contributed by atoms with E-state index in [0.717, 1.165) is 5.52 Å². The van der Waals surface area contributed by atoms with Gasteiger partial charge in [0.15, 0.2) is 5.92 Å². The fraction of sp³-hybridized carbons (Fsp3) is 0.375. The molecule has 1 aromatic heterocycles. The van der Waals surface area contributed by atoms with E-state index < -0.39 is 23.8 Å². The van der Waals surface area contributed by atoms with Crippen LogP contribution in [0.15, 0.2) is 42.5 Å². The molecule has 4 rings (SSSR count). The molecule has 33 heavy (non-hydrogen) atoms. The van der Waals surface area contributed by atoms with Crippen molar-refractivity contribution in [2.75, 3.05) is 46.0 Å². The van der Waals surface area contributed by atoms with Crippen molar-refractivity contribution in [2.45, 2.75) is 13.0 Å². The number of hydrogen-bond donors (Lipinski definition) is 0. The van der Waals surface area contributed by atoms with Crippen molar-refractivity contribution in [2.24, 2.45) is 5.92 Å². The number of esters is 1. The van der Waals surface area contributed by atoms with Crippen LogP contribution in [0.3, 0.4) is 0 Å². The van der Waals surface area contributed by atoms with Crippen molar-refractivity contribution in [3.63, 3.8) is 0 Å². The van der Waals surface area contributed by atoms with Gasteiger partial charge in [-0.25, -0.2) is 4.98 Å².